The summed E-state index contributed by atoms with van der Waals surface area (Å²) < 4.78 is 35.5. The fourth-order valence-corrected chi connectivity index (χ4v) is 1.85. The first-order valence-corrected chi connectivity index (χ1v) is 5.65. The van der Waals surface area contributed by atoms with Gasteiger partial charge in [-0.25, -0.2) is 9.59 Å². The van der Waals surface area contributed by atoms with Crippen LogP contribution in [0, 0.1) is 0 Å². The fraction of sp³-hybridized carbons (Fsp3) is 0.800. The van der Waals surface area contributed by atoms with E-state index in [9.17, 15) is 22.8 Å². The maximum absolute atomic E-state index is 11.8. The number of nitrogens with one attached hydrogen (secondary N) is 1. The molecule has 5 nitrogen and oxygen atoms in total. The van der Waals surface area contributed by atoms with Crippen LogP contribution in [-0.2, 0) is 4.79 Å². The molecule has 1 heterocycles. The minimum Gasteiger partial charge on any atom is -0.480 e. The zero-order chi connectivity index (χ0) is 13.8. The van der Waals surface area contributed by atoms with Gasteiger partial charge >= 0.3 is 18.2 Å². The number of nitrogens with zero attached hydrogens (tertiary/aromatic N) is 1. The molecular weight excluding hydrogens is 253 g/mol. The van der Waals surface area contributed by atoms with Crippen LogP contribution in [0.2, 0.25) is 0 Å². The SMILES string of the molecule is O=C(O)[C@H]1CCCN1C(=O)NCCCC(F)(F)F. The van der Waals surface area contributed by atoms with E-state index in [0.717, 1.165) is 4.90 Å². The lowest BCUT2D eigenvalue weighted by Gasteiger charge is -2.21. The average Bonchev–Trinajstić information content (AvgIpc) is 2.71. The lowest BCUT2D eigenvalue weighted by Crippen LogP contribution is -2.46. The van der Waals surface area contributed by atoms with Crippen molar-refractivity contribution in [3.05, 3.63) is 0 Å². The van der Waals surface area contributed by atoms with Gasteiger partial charge in [0.25, 0.3) is 0 Å². The number of carbonyl (C=O) groups excluding carboxylic acids is 1. The molecule has 2 amide bonds. The summed E-state index contributed by atoms with van der Waals surface area (Å²) in [4.78, 5) is 23.5. The van der Waals surface area contributed by atoms with Crippen molar-refractivity contribution in [3.8, 4) is 0 Å². The number of hydrogen-bond acceptors (Lipinski definition) is 2. The third-order valence-corrected chi connectivity index (χ3v) is 2.71. The maximum Gasteiger partial charge on any atom is 0.389 e. The lowest BCUT2D eigenvalue weighted by molar-refractivity contribution is -0.141. The number of carboxylic acid groups (broad SMARTS) is 1. The summed E-state index contributed by atoms with van der Waals surface area (Å²) >= 11 is 0. The van der Waals surface area contributed by atoms with Crippen LogP contribution in [0.4, 0.5) is 18.0 Å². The van der Waals surface area contributed by atoms with Crippen molar-refractivity contribution in [3.63, 3.8) is 0 Å². The van der Waals surface area contributed by atoms with Crippen molar-refractivity contribution in [2.24, 2.45) is 0 Å². The molecule has 0 aliphatic carbocycles. The highest BCUT2D eigenvalue weighted by atomic mass is 19.4. The molecule has 1 saturated heterocycles. The summed E-state index contributed by atoms with van der Waals surface area (Å²) in [5, 5.41) is 11.1. The highest BCUT2D eigenvalue weighted by Gasteiger charge is 2.34. The van der Waals surface area contributed by atoms with E-state index < -0.39 is 30.6 Å². The number of rotatable bonds is 4. The summed E-state index contributed by atoms with van der Waals surface area (Å²) in [6, 6.07) is -1.48. The quantitative estimate of drug-likeness (QED) is 0.761. The standard InChI is InChI=1S/C10H15F3N2O3/c11-10(12,13)4-2-5-14-9(18)15-6-1-3-7(15)8(16)17/h7H,1-6H2,(H,14,18)(H,16,17)/t7-/m1/s1. The van der Waals surface area contributed by atoms with Gasteiger partial charge in [-0.3, -0.25) is 0 Å². The van der Waals surface area contributed by atoms with Crippen LogP contribution in [-0.4, -0.2) is 47.3 Å². The van der Waals surface area contributed by atoms with E-state index in [4.69, 9.17) is 5.11 Å². The Morgan fingerprint density at radius 3 is 2.61 bits per heavy atom. The minimum absolute atomic E-state index is 0.110. The van der Waals surface area contributed by atoms with Crippen molar-refractivity contribution in [1.29, 1.82) is 0 Å². The second kappa shape index (κ2) is 5.92. The largest absolute Gasteiger partial charge is 0.480 e. The van der Waals surface area contributed by atoms with E-state index in [1.807, 2.05) is 0 Å². The molecular formula is C10H15F3N2O3. The predicted octanol–water partition coefficient (Wildman–Crippen LogP) is 1.59. The van der Waals surface area contributed by atoms with Crippen molar-refractivity contribution < 1.29 is 27.9 Å². The van der Waals surface area contributed by atoms with E-state index in [1.54, 1.807) is 0 Å². The minimum atomic E-state index is -4.23. The molecule has 8 heteroatoms. The highest BCUT2D eigenvalue weighted by Crippen LogP contribution is 2.21. The first kappa shape index (κ1) is 14.6. The van der Waals surface area contributed by atoms with Gasteiger partial charge in [0.1, 0.15) is 6.04 Å². The summed E-state index contributed by atoms with van der Waals surface area (Å²) in [5.41, 5.74) is 0. The molecule has 18 heavy (non-hydrogen) atoms. The van der Waals surface area contributed by atoms with Gasteiger partial charge in [0.15, 0.2) is 0 Å². The fourth-order valence-electron chi connectivity index (χ4n) is 1.85. The van der Waals surface area contributed by atoms with Gasteiger partial charge in [-0.1, -0.05) is 0 Å². The molecule has 0 aromatic heterocycles. The first-order chi connectivity index (χ1) is 8.31. The normalized spacial score (nSPS) is 19.9. The van der Waals surface area contributed by atoms with E-state index >= 15 is 0 Å². The molecule has 0 unspecified atom stereocenters. The van der Waals surface area contributed by atoms with Gasteiger partial charge in [-0.2, -0.15) is 13.2 Å². The number of carboxylic acids is 1. The molecule has 1 aliphatic rings. The van der Waals surface area contributed by atoms with E-state index in [1.165, 1.54) is 0 Å². The maximum atomic E-state index is 11.8. The van der Waals surface area contributed by atoms with Gasteiger partial charge in [0.05, 0.1) is 0 Å². The van der Waals surface area contributed by atoms with E-state index in [-0.39, 0.29) is 13.0 Å². The van der Waals surface area contributed by atoms with Crippen LogP contribution in [0.3, 0.4) is 0 Å². The monoisotopic (exact) mass is 268 g/mol. The number of hydrogen-bond donors (Lipinski definition) is 2. The average molecular weight is 268 g/mol. The van der Waals surface area contributed by atoms with Crippen molar-refractivity contribution >= 4 is 12.0 Å². The number of alkyl halides is 3. The summed E-state index contributed by atoms with van der Waals surface area (Å²) in [7, 11) is 0. The van der Waals surface area contributed by atoms with Crippen molar-refractivity contribution in [2.75, 3.05) is 13.1 Å². The lowest BCUT2D eigenvalue weighted by atomic mass is 10.2. The van der Waals surface area contributed by atoms with Crippen LogP contribution in [0.25, 0.3) is 0 Å². The molecule has 0 aromatic rings. The topological polar surface area (TPSA) is 69.6 Å². The predicted molar refractivity (Wildman–Crippen MR) is 56.1 cm³/mol. The third-order valence-electron chi connectivity index (χ3n) is 2.71. The van der Waals surface area contributed by atoms with Crippen molar-refractivity contribution in [2.45, 2.75) is 37.9 Å². The van der Waals surface area contributed by atoms with E-state index in [0.29, 0.717) is 19.4 Å². The number of halogens is 3. The number of aliphatic carboxylic acids is 1. The Labute approximate surface area is 102 Å². The number of carbonyl (C=O) groups is 2. The molecule has 0 bridgehead atoms. The van der Waals surface area contributed by atoms with E-state index in [2.05, 4.69) is 5.32 Å². The Kier molecular flexibility index (Phi) is 4.80. The van der Waals surface area contributed by atoms with Gasteiger partial charge in [-0.15, -0.1) is 0 Å². The van der Waals surface area contributed by atoms with Crippen LogP contribution in [0.1, 0.15) is 25.7 Å². The summed E-state index contributed by atoms with van der Waals surface area (Å²) in [6.07, 6.45) is -4.43. The Balaban J connectivity index is 2.30. The summed E-state index contributed by atoms with van der Waals surface area (Å²) in [5.74, 6) is -1.09. The zero-order valence-electron chi connectivity index (χ0n) is 9.66. The zero-order valence-corrected chi connectivity index (χ0v) is 9.66. The Bertz CT molecular complexity index is 320. The Morgan fingerprint density at radius 2 is 2.06 bits per heavy atom. The number of urea groups is 1. The first-order valence-electron chi connectivity index (χ1n) is 5.65. The molecule has 104 valence electrons. The van der Waals surface area contributed by atoms with Gasteiger partial charge < -0.3 is 15.3 Å². The highest BCUT2D eigenvalue weighted by molar-refractivity contribution is 5.83. The van der Waals surface area contributed by atoms with Crippen LogP contribution in [0.15, 0.2) is 0 Å². The number of amides is 2. The van der Waals surface area contributed by atoms with Gasteiger partial charge in [0, 0.05) is 19.5 Å². The van der Waals surface area contributed by atoms with Gasteiger partial charge in [0.2, 0.25) is 0 Å². The van der Waals surface area contributed by atoms with Crippen molar-refractivity contribution in [1.82, 2.24) is 10.2 Å². The second-order valence-electron chi connectivity index (χ2n) is 4.14. The van der Waals surface area contributed by atoms with Crippen LogP contribution in [0.5, 0.6) is 0 Å². The smallest absolute Gasteiger partial charge is 0.389 e. The van der Waals surface area contributed by atoms with Crippen LogP contribution >= 0.6 is 0 Å². The molecule has 0 saturated carbocycles. The number of likely N-dealkylation sites (tertiary alicyclic amines) is 1. The molecule has 0 radical (unpaired) electrons. The molecule has 1 fully saturated rings. The second-order valence-corrected chi connectivity index (χ2v) is 4.14. The molecule has 1 aliphatic heterocycles. The molecule has 1 atom stereocenters. The Morgan fingerprint density at radius 1 is 1.39 bits per heavy atom. The molecule has 0 spiro atoms. The summed E-state index contributed by atoms with van der Waals surface area (Å²) in [6.45, 7) is 0.212. The Hall–Kier alpha value is -1.47. The van der Waals surface area contributed by atoms with Crippen LogP contribution < -0.4 is 5.32 Å². The third kappa shape index (κ3) is 4.42. The molecule has 1 rings (SSSR count). The molecule has 0 aromatic carbocycles. The molecule has 2 N–H and O–H groups in total. The van der Waals surface area contributed by atoms with Gasteiger partial charge in [-0.05, 0) is 19.3 Å².